The summed E-state index contributed by atoms with van der Waals surface area (Å²) < 4.78 is 5.42. The minimum absolute atomic E-state index is 0.0576. The molecule has 0 aliphatic heterocycles. The highest BCUT2D eigenvalue weighted by Gasteiger charge is 2.72. The molecule has 1 aromatic carbocycles. The molecule has 0 spiro atoms. The molecular weight excluding hydrogens is 410 g/mol. The normalized spacial score (nSPS) is 48.6. The van der Waals surface area contributed by atoms with Crippen LogP contribution in [-0.2, 0) is 14.3 Å². The lowest BCUT2D eigenvalue weighted by Gasteiger charge is -2.73. The zero-order valence-electron chi connectivity index (χ0n) is 19.9. The number of para-hydroxylation sites is 1. The Morgan fingerprint density at radius 2 is 1.24 bits per heavy atom. The summed E-state index contributed by atoms with van der Waals surface area (Å²) in [4.78, 5) is 27.0. The standard InChI is InChI=1S/C29H37NO3/c1-33-25(32)27-11-21-8-22(12-27)16-29(15-21,18-27)28-13-19-7-20(14-28)10-26(9-19,17-28)24(31)30-23-5-3-2-4-6-23/h2-6,19-22H,7-18H2,1H3,(H,30,31). The van der Waals surface area contributed by atoms with Crippen LogP contribution in [0.4, 0.5) is 5.69 Å². The van der Waals surface area contributed by atoms with Gasteiger partial charge in [0.2, 0.25) is 5.91 Å². The van der Waals surface area contributed by atoms with Gasteiger partial charge in [-0.3, -0.25) is 9.59 Å². The minimum atomic E-state index is -0.248. The van der Waals surface area contributed by atoms with E-state index < -0.39 is 0 Å². The van der Waals surface area contributed by atoms with E-state index in [1.807, 2.05) is 30.3 Å². The summed E-state index contributed by atoms with van der Waals surface area (Å²) in [5, 5.41) is 3.31. The van der Waals surface area contributed by atoms with Crippen LogP contribution in [0.1, 0.15) is 77.0 Å². The third-order valence-corrected chi connectivity index (χ3v) is 11.4. The molecule has 176 valence electrons. The minimum Gasteiger partial charge on any atom is -0.469 e. The number of hydrogen-bond donors (Lipinski definition) is 1. The van der Waals surface area contributed by atoms with E-state index in [2.05, 4.69) is 5.32 Å². The molecule has 0 saturated heterocycles. The number of nitrogens with one attached hydrogen (secondary N) is 1. The Balaban J connectivity index is 1.26. The van der Waals surface area contributed by atoms with Crippen LogP contribution in [-0.4, -0.2) is 19.0 Å². The lowest BCUT2D eigenvalue weighted by Crippen LogP contribution is -2.66. The van der Waals surface area contributed by atoms with Crippen LogP contribution in [0.25, 0.3) is 0 Å². The van der Waals surface area contributed by atoms with Gasteiger partial charge < -0.3 is 10.1 Å². The van der Waals surface area contributed by atoms with Crippen molar-refractivity contribution in [2.45, 2.75) is 77.0 Å². The first kappa shape index (κ1) is 20.5. The number of anilines is 1. The van der Waals surface area contributed by atoms with Crippen molar-refractivity contribution >= 4 is 17.6 Å². The number of hydrogen-bond acceptors (Lipinski definition) is 3. The van der Waals surface area contributed by atoms with Gasteiger partial charge in [0.05, 0.1) is 17.9 Å². The van der Waals surface area contributed by atoms with Crippen LogP contribution in [0.5, 0.6) is 0 Å². The van der Waals surface area contributed by atoms with Crippen molar-refractivity contribution in [1.29, 1.82) is 0 Å². The SMILES string of the molecule is COC(=O)C12CC3CC(C1)CC(C14CC5CC(CC(C(=O)Nc6ccccc6)(C5)C1)C4)(C3)C2. The summed E-state index contributed by atoms with van der Waals surface area (Å²) in [6.07, 6.45) is 14.1. The van der Waals surface area contributed by atoms with Crippen molar-refractivity contribution in [3.05, 3.63) is 30.3 Å². The van der Waals surface area contributed by atoms with Crippen LogP contribution in [0.15, 0.2) is 30.3 Å². The number of carbonyl (C=O) groups is 2. The Labute approximate surface area is 197 Å². The van der Waals surface area contributed by atoms with Gasteiger partial charge in [0.25, 0.3) is 0 Å². The molecule has 4 nitrogen and oxygen atoms in total. The number of methoxy groups -OCH3 is 1. The summed E-state index contributed by atoms with van der Waals surface area (Å²) >= 11 is 0. The van der Waals surface area contributed by atoms with Gasteiger partial charge in [0, 0.05) is 5.69 Å². The monoisotopic (exact) mass is 447 g/mol. The highest BCUT2D eigenvalue weighted by atomic mass is 16.5. The predicted molar refractivity (Wildman–Crippen MR) is 126 cm³/mol. The second kappa shape index (κ2) is 6.64. The Morgan fingerprint density at radius 1 is 0.758 bits per heavy atom. The van der Waals surface area contributed by atoms with Gasteiger partial charge in [0.15, 0.2) is 0 Å². The van der Waals surface area contributed by atoms with Gasteiger partial charge in [-0.25, -0.2) is 0 Å². The van der Waals surface area contributed by atoms with Gasteiger partial charge in [-0.15, -0.1) is 0 Å². The zero-order valence-corrected chi connectivity index (χ0v) is 19.9. The first-order valence-electron chi connectivity index (χ1n) is 13.3. The molecule has 0 aromatic heterocycles. The highest BCUT2D eigenvalue weighted by molar-refractivity contribution is 5.95. The number of amides is 1. The second-order valence-corrected chi connectivity index (χ2v) is 13.4. The van der Waals surface area contributed by atoms with Gasteiger partial charge in [-0.05, 0) is 124 Å². The van der Waals surface area contributed by atoms with Crippen LogP contribution in [0.3, 0.4) is 0 Å². The fraction of sp³-hybridized carbons (Fsp3) is 0.724. The molecule has 8 fully saturated rings. The molecule has 4 unspecified atom stereocenters. The first-order chi connectivity index (χ1) is 15.9. The first-order valence-corrected chi connectivity index (χ1v) is 13.3. The molecule has 8 aliphatic carbocycles. The lowest BCUT2D eigenvalue weighted by molar-refractivity contribution is -0.238. The molecule has 1 N–H and O–H groups in total. The summed E-state index contributed by atoms with van der Waals surface area (Å²) in [5.74, 6) is 3.02. The summed E-state index contributed by atoms with van der Waals surface area (Å²) in [5.41, 5.74) is 0.930. The predicted octanol–water partition coefficient (Wildman–Crippen LogP) is 5.97. The van der Waals surface area contributed by atoms with Crippen LogP contribution in [0.2, 0.25) is 0 Å². The molecule has 1 amide bonds. The van der Waals surface area contributed by atoms with Crippen molar-refractivity contribution in [1.82, 2.24) is 0 Å². The van der Waals surface area contributed by atoms with Crippen LogP contribution >= 0.6 is 0 Å². The molecule has 4 atom stereocenters. The van der Waals surface area contributed by atoms with Crippen molar-refractivity contribution in [2.24, 2.45) is 45.3 Å². The quantitative estimate of drug-likeness (QED) is 0.579. The summed E-state index contributed by atoms with van der Waals surface area (Å²) in [7, 11) is 1.58. The maximum Gasteiger partial charge on any atom is 0.311 e. The third kappa shape index (κ3) is 2.76. The Hall–Kier alpha value is -1.84. The van der Waals surface area contributed by atoms with Crippen molar-refractivity contribution in [2.75, 3.05) is 12.4 Å². The molecule has 33 heavy (non-hydrogen) atoms. The van der Waals surface area contributed by atoms with E-state index in [9.17, 15) is 9.59 Å². The van der Waals surface area contributed by atoms with Crippen molar-refractivity contribution < 1.29 is 14.3 Å². The van der Waals surface area contributed by atoms with Crippen molar-refractivity contribution in [3.8, 4) is 0 Å². The maximum atomic E-state index is 13.9. The fourth-order valence-electron chi connectivity index (χ4n) is 11.3. The topological polar surface area (TPSA) is 55.4 Å². The van der Waals surface area contributed by atoms with Gasteiger partial charge in [0.1, 0.15) is 0 Å². The fourth-order valence-corrected chi connectivity index (χ4v) is 11.3. The largest absolute Gasteiger partial charge is 0.469 e. The Morgan fingerprint density at radius 3 is 1.76 bits per heavy atom. The summed E-state index contributed by atoms with van der Waals surface area (Å²) in [6.45, 7) is 0. The van der Waals surface area contributed by atoms with E-state index in [0.29, 0.717) is 23.7 Å². The molecule has 9 rings (SSSR count). The maximum absolute atomic E-state index is 13.9. The molecule has 1 aromatic rings. The molecular formula is C29H37NO3. The van der Waals surface area contributed by atoms with E-state index >= 15 is 0 Å². The van der Waals surface area contributed by atoms with E-state index in [1.165, 1.54) is 38.5 Å². The average Bonchev–Trinajstić information content (AvgIpc) is 2.77. The smallest absolute Gasteiger partial charge is 0.311 e. The number of benzene rings is 1. The Kier molecular flexibility index (Phi) is 4.13. The Bertz CT molecular complexity index is 971. The molecule has 4 heteroatoms. The number of esters is 1. The lowest BCUT2D eigenvalue weighted by atomic mass is 9.31. The molecule has 8 saturated carbocycles. The van der Waals surface area contributed by atoms with Gasteiger partial charge in [-0.1, -0.05) is 18.2 Å². The van der Waals surface area contributed by atoms with E-state index in [-0.39, 0.29) is 33.5 Å². The van der Waals surface area contributed by atoms with Crippen molar-refractivity contribution in [3.63, 3.8) is 0 Å². The highest BCUT2D eigenvalue weighted by Crippen LogP contribution is 2.78. The zero-order chi connectivity index (χ0) is 22.5. The average molecular weight is 448 g/mol. The number of ether oxygens (including phenoxy) is 1. The summed E-state index contributed by atoms with van der Waals surface area (Å²) in [6, 6.07) is 10.0. The van der Waals surface area contributed by atoms with Gasteiger partial charge in [-0.2, -0.15) is 0 Å². The molecule has 8 aliphatic rings. The van der Waals surface area contributed by atoms with Gasteiger partial charge >= 0.3 is 5.97 Å². The van der Waals surface area contributed by atoms with E-state index in [1.54, 1.807) is 7.11 Å². The molecule has 8 bridgehead atoms. The molecule has 0 heterocycles. The van der Waals surface area contributed by atoms with E-state index in [4.69, 9.17) is 4.74 Å². The molecule has 0 radical (unpaired) electrons. The van der Waals surface area contributed by atoms with Crippen LogP contribution < -0.4 is 5.32 Å². The third-order valence-electron chi connectivity index (χ3n) is 11.4. The number of carbonyl (C=O) groups excluding carboxylic acids is 2. The van der Waals surface area contributed by atoms with Crippen LogP contribution in [0, 0.1) is 45.3 Å². The number of rotatable bonds is 4. The van der Waals surface area contributed by atoms with E-state index in [0.717, 1.165) is 44.2 Å². The second-order valence-electron chi connectivity index (χ2n) is 13.4.